The molecular formula is C22H30O4. The van der Waals surface area contributed by atoms with Crippen LogP contribution in [0.4, 0.5) is 0 Å². The minimum atomic E-state index is -0.638. The van der Waals surface area contributed by atoms with E-state index in [4.69, 9.17) is 9.47 Å². The number of hydrogen-bond donors (Lipinski definition) is 0. The van der Waals surface area contributed by atoms with Gasteiger partial charge in [0.25, 0.3) is 0 Å². The van der Waals surface area contributed by atoms with Crippen molar-refractivity contribution in [3.63, 3.8) is 0 Å². The standard InChI is InChI=1S/C22H30O4/c1-16(20(23)25-15-18-12-6-5-7-13-18)19(14-17-10-8-9-11-17)21(24)26-22(2,3)4/h5-7,12-13,17,19H,1,8-11,14-15H2,2-4H3/t19-/m1/s1. The van der Waals surface area contributed by atoms with Crippen molar-refractivity contribution in [3.8, 4) is 0 Å². The van der Waals surface area contributed by atoms with E-state index in [2.05, 4.69) is 6.58 Å². The Hall–Kier alpha value is -2.10. The van der Waals surface area contributed by atoms with Crippen LogP contribution in [0.25, 0.3) is 0 Å². The first-order valence-corrected chi connectivity index (χ1v) is 9.39. The minimum Gasteiger partial charge on any atom is -0.459 e. The van der Waals surface area contributed by atoms with Crippen molar-refractivity contribution in [3.05, 3.63) is 48.0 Å². The van der Waals surface area contributed by atoms with Crippen molar-refractivity contribution in [2.75, 3.05) is 0 Å². The third-order valence-electron chi connectivity index (χ3n) is 4.63. The maximum atomic E-state index is 12.7. The van der Waals surface area contributed by atoms with Crippen LogP contribution in [0.3, 0.4) is 0 Å². The van der Waals surface area contributed by atoms with Gasteiger partial charge in [0.1, 0.15) is 12.2 Å². The number of hydrogen-bond acceptors (Lipinski definition) is 4. The van der Waals surface area contributed by atoms with Gasteiger partial charge in [-0.1, -0.05) is 62.6 Å². The fraction of sp³-hybridized carbons (Fsp3) is 0.545. The fourth-order valence-electron chi connectivity index (χ4n) is 3.29. The monoisotopic (exact) mass is 358 g/mol. The van der Waals surface area contributed by atoms with Crippen molar-refractivity contribution >= 4 is 11.9 Å². The molecule has 142 valence electrons. The van der Waals surface area contributed by atoms with Crippen LogP contribution in [0.2, 0.25) is 0 Å². The van der Waals surface area contributed by atoms with E-state index in [1.54, 1.807) is 0 Å². The van der Waals surface area contributed by atoms with Crippen LogP contribution in [0, 0.1) is 11.8 Å². The molecule has 0 aromatic heterocycles. The van der Waals surface area contributed by atoms with E-state index in [0.717, 1.165) is 18.4 Å². The highest BCUT2D eigenvalue weighted by Gasteiger charge is 2.34. The van der Waals surface area contributed by atoms with E-state index in [1.165, 1.54) is 12.8 Å². The van der Waals surface area contributed by atoms with Crippen LogP contribution < -0.4 is 0 Å². The van der Waals surface area contributed by atoms with E-state index in [-0.39, 0.29) is 18.1 Å². The lowest BCUT2D eigenvalue weighted by Crippen LogP contribution is -2.32. The third kappa shape index (κ3) is 6.32. The Kier molecular flexibility index (Phi) is 7.01. The quantitative estimate of drug-likeness (QED) is 0.518. The van der Waals surface area contributed by atoms with Gasteiger partial charge in [-0.3, -0.25) is 4.79 Å². The Labute approximate surface area is 156 Å². The van der Waals surface area contributed by atoms with Gasteiger partial charge in [0, 0.05) is 5.57 Å². The number of carbonyl (C=O) groups is 2. The maximum absolute atomic E-state index is 12.7. The van der Waals surface area contributed by atoms with Gasteiger partial charge in [-0.2, -0.15) is 0 Å². The van der Waals surface area contributed by atoms with Gasteiger partial charge >= 0.3 is 11.9 Å². The molecule has 0 N–H and O–H groups in total. The number of esters is 2. The van der Waals surface area contributed by atoms with Crippen LogP contribution in [0.1, 0.15) is 58.4 Å². The molecule has 4 nitrogen and oxygen atoms in total. The number of benzene rings is 1. The summed E-state index contributed by atoms with van der Waals surface area (Å²) in [6.45, 7) is 9.54. The second-order valence-corrected chi connectivity index (χ2v) is 8.06. The molecule has 0 unspecified atom stereocenters. The molecule has 1 aromatic carbocycles. The van der Waals surface area contributed by atoms with Gasteiger partial charge in [-0.05, 0) is 38.7 Å². The summed E-state index contributed by atoms with van der Waals surface area (Å²) in [4.78, 5) is 25.1. The molecule has 1 atom stereocenters. The summed E-state index contributed by atoms with van der Waals surface area (Å²) in [6, 6.07) is 9.47. The molecule has 0 amide bonds. The predicted octanol–water partition coefficient (Wildman–Crippen LogP) is 4.82. The smallest absolute Gasteiger partial charge is 0.334 e. The van der Waals surface area contributed by atoms with Crippen LogP contribution >= 0.6 is 0 Å². The molecule has 0 heterocycles. The molecule has 0 aliphatic heterocycles. The maximum Gasteiger partial charge on any atom is 0.334 e. The Morgan fingerprint density at radius 2 is 1.77 bits per heavy atom. The van der Waals surface area contributed by atoms with E-state index in [1.807, 2.05) is 51.1 Å². The van der Waals surface area contributed by atoms with Gasteiger partial charge in [0.15, 0.2) is 0 Å². The summed E-state index contributed by atoms with van der Waals surface area (Å²) < 4.78 is 10.9. The lowest BCUT2D eigenvalue weighted by atomic mass is 9.88. The second kappa shape index (κ2) is 9.02. The summed E-state index contributed by atoms with van der Waals surface area (Å²) in [6.07, 6.45) is 5.14. The molecule has 0 saturated heterocycles. The molecule has 1 aliphatic carbocycles. The normalized spacial score (nSPS) is 16.1. The van der Waals surface area contributed by atoms with Crippen LogP contribution in [0.5, 0.6) is 0 Å². The molecule has 4 heteroatoms. The first kappa shape index (κ1) is 20.2. The third-order valence-corrected chi connectivity index (χ3v) is 4.63. The van der Waals surface area contributed by atoms with E-state index in [9.17, 15) is 9.59 Å². The predicted molar refractivity (Wildman–Crippen MR) is 101 cm³/mol. The zero-order chi connectivity index (χ0) is 19.2. The first-order valence-electron chi connectivity index (χ1n) is 9.39. The summed E-state index contributed by atoms with van der Waals surface area (Å²) in [5.41, 5.74) is 0.500. The zero-order valence-electron chi connectivity index (χ0n) is 16.1. The van der Waals surface area contributed by atoms with Gasteiger partial charge in [0.05, 0.1) is 5.92 Å². The fourth-order valence-corrected chi connectivity index (χ4v) is 3.29. The van der Waals surface area contributed by atoms with Crippen molar-refractivity contribution < 1.29 is 19.1 Å². The van der Waals surface area contributed by atoms with Crippen molar-refractivity contribution in [1.29, 1.82) is 0 Å². The van der Waals surface area contributed by atoms with Crippen LogP contribution in [-0.4, -0.2) is 17.5 Å². The Morgan fingerprint density at radius 3 is 2.35 bits per heavy atom. The molecule has 1 aliphatic rings. The lowest BCUT2D eigenvalue weighted by molar-refractivity contribution is -0.161. The highest BCUT2D eigenvalue weighted by Crippen LogP contribution is 2.34. The van der Waals surface area contributed by atoms with Gasteiger partial charge in [-0.25, -0.2) is 4.79 Å². The number of carbonyl (C=O) groups excluding carboxylic acids is 2. The topological polar surface area (TPSA) is 52.6 Å². The molecule has 1 aromatic rings. The van der Waals surface area contributed by atoms with Crippen molar-refractivity contribution in [1.82, 2.24) is 0 Å². The zero-order valence-corrected chi connectivity index (χ0v) is 16.1. The summed E-state index contributed by atoms with van der Waals surface area (Å²) >= 11 is 0. The molecular weight excluding hydrogens is 328 g/mol. The minimum absolute atomic E-state index is 0.170. The molecule has 1 saturated carbocycles. The molecule has 2 rings (SSSR count). The highest BCUT2D eigenvalue weighted by molar-refractivity contribution is 5.95. The summed E-state index contributed by atoms with van der Waals surface area (Å²) in [5, 5.41) is 0. The van der Waals surface area contributed by atoms with E-state index >= 15 is 0 Å². The Bertz CT molecular complexity index is 621. The van der Waals surface area contributed by atoms with Crippen LogP contribution in [-0.2, 0) is 25.7 Å². The number of rotatable bonds is 7. The average molecular weight is 358 g/mol. The number of ether oxygens (including phenoxy) is 2. The average Bonchev–Trinajstić information content (AvgIpc) is 3.09. The van der Waals surface area contributed by atoms with Crippen molar-refractivity contribution in [2.24, 2.45) is 11.8 Å². The van der Waals surface area contributed by atoms with E-state index < -0.39 is 17.5 Å². The second-order valence-electron chi connectivity index (χ2n) is 8.06. The largest absolute Gasteiger partial charge is 0.459 e. The summed E-state index contributed by atoms with van der Waals surface area (Å²) in [5.74, 6) is -1.11. The van der Waals surface area contributed by atoms with E-state index in [0.29, 0.717) is 12.3 Å². The molecule has 1 fully saturated rings. The molecule has 0 bridgehead atoms. The van der Waals surface area contributed by atoms with Crippen molar-refractivity contribution in [2.45, 2.75) is 65.1 Å². The molecule has 26 heavy (non-hydrogen) atoms. The SMILES string of the molecule is C=C(C(=O)OCc1ccccc1)[C@@H](CC1CCCC1)C(=O)OC(C)(C)C. The molecule has 0 spiro atoms. The Balaban J connectivity index is 2.02. The molecule has 0 radical (unpaired) electrons. The summed E-state index contributed by atoms with van der Waals surface area (Å²) in [7, 11) is 0. The lowest BCUT2D eigenvalue weighted by Gasteiger charge is -2.26. The van der Waals surface area contributed by atoms with Gasteiger partial charge in [-0.15, -0.1) is 0 Å². The van der Waals surface area contributed by atoms with Gasteiger partial charge < -0.3 is 9.47 Å². The van der Waals surface area contributed by atoms with Gasteiger partial charge in [0.2, 0.25) is 0 Å². The highest BCUT2D eigenvalue weighted by atomic mass is 16.6. The Morgan fingerprint density at radius 1 is 1.15 bits per heavy atom. The van der Waals surface area contributed by atoms with Crippen LogP contribution in [0.15, 0.2) is 42.5 Å². The first-order chi connectivity index (χ1) is 12.3.